The highest BCUT2D eigenvalue weighted by Crippen LogP contribution is 2.18. The topological polar surface area (TPSA) is 87.2 Å². The summed E-state index contributed by atoms with van der Waals surface area (Å²) in [6.07, 6.45) is -0.109. The van der Waals surface area contributed by atoms with E-state index in [1.54, 1.807) is 55.5 Å². The van der Waals surface area contributed by atoms with Crippen LogP contribution >= 0.6 is 0 Å². The van der Waals surface area contributed by atoms with Crippen LogP contribution in [0.5, 0.6) is 0 Å². The molecule has 1 heterocycles. The first kappa shape index (κ1) is 15.7. The molecule has 1 aromatic heterocycles. The fraction of sp³-hybridized carbons (Fsp3) is 0.167. The summed E-state index contributed by atoms with van der Waals surface area (Å²) in [5, 5.41) is 0.466. The van der Waals surface area contributed by atoms with Crippen LogP contribution in [0.25, 0.3) is 16.6 Å². The SMILES string of the molecule is CCOC(=O)Cc1nc2ccccc2c(=O)n1-c1ccccc1N. The van der Waals surface area contributed by atoms with Crippen molar-refractivity contribution in [3.63, 3.8) is 0 Å². The minimum Gasteiger partial charge on any atom is -0.466 e. The summed E-state index contributed by atoms with van der Waals surface area (Å²) in [6, 6.07) is 14.0. The summed E-state index contributed by atoms with van der Waals surface area (Å²) in [5.74, 6) is -0.141. The maximum absolute atomic E-state index is 13.0. The summed E-state index contributed by atoms with van der Waals surface area (Å²) in [7, 11) is 0. The van der Waals surface area contributed by atoms with Crippen LogP contribution in [-0.2, 0) is 16.0 Å². The van der Waals surface area contributed by atoms with E-state index >= 15 is 0 Å². The molecule has 0 radical (unpaired) electrons. The molecule has 6 nitrogen and oxygen atoms in total. The molecule has 24 heavy (non-hydrogen) atoms. The van der Waals surface area contributed by atoms with Crippen LogP contribution in [0.15, 0.2) is 53.3 Å². The number of ether oxygens (including phenoxy) is 1. The first-order valence-corrected chi connectivity index (χ1v) is 7.63. The van der Waals surface area contributed by atoms with E-state index < -0.39 is 5.97 Å². The summed E-state index contributed by atoms with van der Waals surface area (Å²) < 4.78 is 6.38. The van der Waals surface area contributed by atoms with Crippen molar-refractivity contribution in [2.75, 3.05) is 12.3 Å². The Morgan fingerprint density at radius 1 is 1.17 bits per heavy atom. The van der Waals surface area contributed by atoms with Gasteiger partial charge in [-0.3, -0.25) is 14.2 Å². The second-order valence-electron chi connectivity index (χ2n) is 5.23. The highest BCUT2D eigenvalue weighted by molar-refractivity contribution is 5.79. The van der Waals surface area contributed by atoms with Crippen LogP contribution < -0.4 is 11.3 Å². The number of hydrogen-bond acceptors (Lipinski definition) is 5. The fourth-order valence-electron chi connectivity index (χ4n) is 2.58. The van der Waals surface area contributed by atoms with Crippen LogP contribution in [-0.4, -0.2) is 22.1 Å². The van der Waals surface area contributed by atoms with Gasteiger partial charge >= 0.3 is 5.97 Å². The number of hydrogen-bond donors (Lipinski definition) is 1. The molecule has 3 rings (SSSR count). The van der Waals surface area contributed by atoms with Crippen molar-refractivity contribution < 1.29 is 9.53 Å². The molecule has 2 N–H and O–H groups in total. The fourth-order valence-corrected chi connectivity index (χ4v) is 2.58. The van der Waals surface area contributed by atoms with Gasteiger partial charge in [-0.05, 0) is 31.2 Å². The monoisotopic (exact) mass is 323 g/mol. The Morgan fingerprint density at radius 3 is 2.62 bits per heavy atom. The van der Waals surface area contributed by atoms with Gasteiger partial charge in [0, 0.05) is 0 Å². The molecule has 0 unspecified atom stereocenters. The normalized spacial score (nSPS) is 10.7. The van der Waals surface area contributed by atoms with Crippen molar-refractivity contribution in [2.24, 2.45) is 0 Å². The molecular formula is C18H17N3O3. The minimum atomic E-state index is -0.442. The molecule has 0 saturated heterocycles. The molecule has 0 amide bonds. The number of rotatable bonds is 4. The second kappa shape index (κ2) is 6.54. The molecule has 0 atom stereocenters. The third kappa shape index (κ3) is 2.86. The number of nitrogens with two attached hydrogens (primary N) is 1. The van der Waals surface area contributed by atoms with Crippen LogP contribution in [0.1, 0.15) is 12.7 Å². The smallest absolute Gasteiger partial charge is 0.313 e. The Hall–Kier alpha value is -3.15. The Balaban J connectivity index is 2.28. The van der Waals surface area contributed by atoms with Gasteiger partial charge in [0.05, 0.1) is 28.9 Å². The first-order chi connectivity index (χ1) is 11.6. The van der Waals surface area contributed by atoms with Crippen molar-refractivity contribution in [1.82, 2.24) is 9.55 Å². The lowest BCUT2D eigenvalue weighted by molar-refractivity contribution is -0.142. The summed E-state index contributed by atoms with van der Waals surface area (Å²) in [6.45, 7) is 2.00. The lowest BCUT2D eigenvalue weighted by atomic mass is 10.2. The molecule has 0 spiro atoms. The van der Waals surface area contributed by atoms with E-state index in [2.05, 4.69) is 4.98 Å². The minimum absolute atomic E-state index is 0.109. The van der Waals surface area contributed by atoms with Crippen molar-refractivity contribution in [3.05, 3.63) is 64.7 Å². The second-order valence-corrected chi connectivity index (χ2v) is 5.23. The number of fused-ring (bicyclic) bond motifs is 1. The van der Waals surface area contributed by atoms with Gasteiger partial charge in [-0.1, -0.05) is 24.3 Å². The van der Waals surface area contributed by atoms with Crippen LogP contribution in [0, 0.1) is 0 Å². The Labute approximate surface area is 138 Å². The highest BCUT2D eigenvalue weighted by Gasteiger charge is 2.17. The average molecular weight is 323 g/mol. The van der Waals surface area contributed by atoms with Gasteiger partial charge in [-0.2, -0.15) is 0 Å². The quantitative estimate of drug-likeness (QED) is 0.586. The average Bonchev–Trinajstić information content (AvgIpc) is 2.57. The van der Waals surface area contributed by atoms with E-state index in [9.17, 15) is 9.59 Å². The van der Waals surface area contributed by atoms with Crippen LogP contribution in [0.4, 0.5) is 5.69 Å². The zero-order valence-electron chi connectivity index (χ0n) is 13.2. The molecular weight excluding hydrogens is 306 g/mol. The molecule has 0 fully saturated rings. The number of carbonyl (C=O) groups excluding carboxylic acids is 1. The molecule has 0 saturated carbocycles. The number of aromatic nitrogens is 2. The van der Waals surface area contributed by atoms with Crippen molar-refractivity contribution in [2.45, 2.75) is 13.3 Å². The Morgan fingerprint density at radius 2 is 1.88 bits per heavy atom. The van der Waals surface area contributed by atoms with Crippen molar-refractivity contribution in [1.29, 1.82) is 0 Å². The Bertz CT molecular complexity index is 963. The summed E-state index contributed by atoms with van der Waals surface area (Å²) >= 11 is 0. The van der Waals surface area contributed by atoms with E-state index in [0.717, 1.165) is 0 Å². The van der Waals surface area contributed by atoms with Crippen molar-refractivity contribution in [3.8, 4) is 5.69 Å². The molecule has 2 aromatic carbocycles. The van der Waals surface area contributed by atoms with Crippen LogP contribution in [0.2, 0.25) is 0 Å². The predicted molar refractivity (Wildman–Crippen MR) is 92.1 cm³/mol. The van der Waals surface area contributed by atoms with E-state index in [1.807, 2.05) is 0 Å². The van der Waals surface area contributed by atoms with Gasteiger partial charge < -0.3 is 10.5 Å². The third-order valence-corrected chi connectivity index (χ3v) is 3.63. The van der Waals surface area contributed by atoms with Gasteiger partial charge in [0.1, 0.15) is 12.2 Å². The number of nitrogen functional groups attached to an aromatic ring is 1. The number of benzene rings is 2. The lowest BCUT2D eigenvalue weighted by Crippen LogP contribution is -2.26. The van der Waals surface area contributed by atoms with Gasteiger partial charge in [-0.25, -0.2) is 4.98 Å². The van der Waals surface area contributed by atoms with E-state index in [4.69, 9.17) is 10.5 Å². The molecule has 122 valence electrons. The number of carbonyl (C=O) groups is 1. The summed E-state index contributed by atoms with van der Waals surface area (Å²) in [4.78, 5) is 29.4. The van der Waals surface area contributed by atoms with Gasteiger partial charge in [-0.15, -0.1) is 0 Å². The number of para-hydroxylation sites is 3. The number of anilines is 1. The van der Waals surface area contributed by atoms with E-state index in [1.165, 1.54) is 4.57 Å². The molecule has 0 aliphatic rings. The third-order valence-electron chi connectivity index (χ3n) is 3.63. The number of nitrogens with zero attached hydrogens (tertiary/aromatic N) is 2. The molecule has 0 bridgehead atoms. The Kier molecular flexibility index (Phi) is 4.29. The molecule has 0 aliphatic carbocycles. The first-order valence-electron chi connectivity index (χ1n) is 7.63. The van der Waals surface area contributed by atoms with Gasteiger partial charge in [0.2, 0.25) is 0 Å². The molecule has 0 aliphatic heterocycles. The maximum Gasteiger partial charge on any atom is 0.313 e. The van der Waals surface area contributed by atoms with Gasteiger partial charge in [0.15, 0.2) is 0 Å². The zero-order chi connectivity index (χ0) is 17.1. The summed E-state index contributed by atoms with van der Waals surface area (Å²) in [5.41, 5.74) is 7.22. The molecule has 6 heteroatoms. The van der Waals surface area contributed by atoms with Gasteiger partial charge in [0.25, 0.3) is 5.56 Å². The lowest BCUT2D eigenvalue weighted by Gasteiger charge is -2.14. The van der Waals surface area contributed by atoms with E-state index in [-0.39, 0.29) is 18.6 Å². The highest BCUT2D eigenvalue weighted by atomic mass is 16.5. The standard InChI is InChI=1S/C18H17N3O3/c1-2-24-17(22)11-16-20-14-9-5-3-7-12(14)18(23)21(16)15-10-6-4-8-13(15)19/h3-10H,2,11,19H2,1H3. The predicted octanol–water partition coefficient (Wildman–Crippen LogP) is 2.07. The van der Waals surface area contributed by atoms with Crippen molar-refractivity contribution >= 4 is 22.6 Å². The van der Waals surface area contributed by atoms with Crippen LogP contribution in [0.3, 0.4) is 0 Å². The van der Waals surface area contributed by atoms with E-state index in [0.29, 0.717) is 28.1 Å². The zero-order valence-corrected chi connectivity index (χ0v) is 13.2. The number of esters is 1. The maximum atomic E-state index is 13.0. The largest absolute Gasteiger partial charge is 0.466 e. The molecule has 3 aromatic rings.